The zero-order chi connectivity index (χ0) is 20.9. The van der Waals surface area contributed by atoms with E-state index in [1.165, 1.54) is 17.7 Å². The monoisotopic (exact) mass is 423 g/mol. The predicted molar refractivity (Wildman–Crippen MR) is 125 cm³/mol. The molecule has 1 aliphatic rings. The molecule has 0 bridgehead atoms. The van der Waals surface area contributed by atoms with Gasteiger partial charge in [-0.3, -0.25) is 4.90 Å². The third kappa shape index (κ3) is 4.35. The van der Waals surface area contributed by atoms with E-state index in [4.69, 9.17) is 4.74 Å². The van der Waals surface area contributed by atoms with E-state index in [1.54, 1.807) is 0 Å². The number of piperazine rings is 1. The molecule has 3 aromatic rings. The fourth-order valence-electron chi connectivity index (χ4n) is 4.27. The summed E-state index contributed by atoms with van der Waals surface area (Å²) in [4.78, 5) is 18.5. The molecular formula is C24H29N3O2S. The topological polar surface area (TPSA) is 37.7 Å². The van der Waals surface area contributed by atoms with Crippen LogP contribution < -0.4 is 4.90 Å². The highest BCUT2D eigenvalue weighted by molar-refractivity contribution is 7.98. The first kappa shape index (κ1) is 20.8. The number of nitrogens with zero attached hydrogens (tertiary/aromatic N) is 3. The maximum atomic E-state index is 12.1. The predicted octanol–water partition coefficient (Wildman–Crippen LogP) is 4.36. The van der Waals surface area contributed by atoms with Crippen LogP contribution in [0.15, 0.2) is 59.6 Å². The van der Waals surface area contributed by atoms with E-state index in [0.29, 0.717) is 5.56 Å². The van der Waals surface area contributed by atoms with E-state index in [0.717, 1.165) is 56.6 Å². The van der Waals surface area contributed by atoms with Gasteiger partial charge in [-0.15, -0.1) is 11.8 Å². The number of anilines is 1. The first-order valence-electron chi connectivity index (χ1n) is 10.5. The lowest BCUT2D eigenvalue weighted by atomic mass is 10.2. The minimum atomic E-state index is -0.272. The Bertz CT molecular complexity index is 1010. The van der Waals surface area contributed by atoms with E-state index in [9.17, 15) is 4.79 Å². The van der Waals surface area contributed by atoms with Crippen LogP contribution in [0.25, 0.3) is 10.9 Å². The minimum Gasteiger partial charge on any atom is -0.465 e. The number of hydrogen-bond acceptors (Lipinski definition) is 5. The number of esters is 1. The molecule has 2 aromatic carbocycles. The standard InChI is InChI=1S/C24H29N3O2S/c1-29-24(28)20-18-27(21-9-4-3-8-19(20)21)13-7-12-25-14-16-26(17-15-25)22-10-5-6-11-23(22)30-2/h3-6,8-11,18H,7,12-17H2,1-2H3. The van der Waals surface area contributed by atoms with E-state index < -0.39 is 0 Å². The van der Waals surface area contributed by atoms with Crippen LogP contribution in [0.3, 0.4) is 0 Å². The van der Waals surface area contributed by atoms with Crippen molar-refractivity contribution in [3.63, 3.8) is 0 Å². The largest absolute Gasteiger partial charge is 0.465 e. The highest BCUT2D eigenvalue weighted by Gasteiger charge is 2.19. The fraction of sp³-hybridized carbons (Fsp3) is 0.375. The van der Waals surface area contributed by atoms with Gasteiger partial charge in [0.1, 0.15) is 0 Å². The van der Waals surface area contributed by atoms with Crippen LogP contribution in [0.2, 0.25) is 0 Å². The maximum Gasteiger partial charge on any atom is 0.340 e. The Morgan fingerprint density at radius 2 is 1.73 bits per heavy atom. The van der Waals surface area contributed by atoms with Crippen LogP contribution >= 0.6 is 11.8 Å². The summed E-state index contributed by atoms with van der Waals surface area (Å²) in [6.07, 6.45) is 5.14. The zero-order valence-corrected chi connectivity index (χ0v) is 18.5. The summed E-state index contributed by atoms with van der Waals surface area (Å²) >= 11 is 1.82. The van der Waals surface area contributed by atoms with Crippen molar-refractivity contribution >= 4 is 34.3 Å². The smallest absolute Gasteiger partial charge is 0.340 e. The van der Waals surface area contributed by atoms with Crippen molar-refractivity contribution in [2.75, 3.05) is 51.0 Å². The molecule has 0 radical (unpaired) electrons. The third-order valence-corrected chi connectivity index (χ3v) is 6.65. The molecule has 1 aromatic heterocycles. The average molecular weight is 424 g/mol. The third-order valence-electron chi connectivity index (χ3n) is 5.87. The number of ether oxygens (including phenoxy) is 1. The molecule has 0 spiro atoms. The number of aromatic nitrogens is 1. The first-order chi connectivity index (χ1) is 14.7. The van der Waals surface area contributed by atoms with Gasteiger partial charge in [-0.2, -0.15) is 0 Å². The van der Waals surface area contributed by atoms with Crippen LogP contribution in [0.1, 0.15) is 16.8 Å². The lowest BCUT2D eigenvalue weighted by molar-refractivity contribution is 0.0602. The molecular weight excluding hydrogens is 394 g/mol. The van der Waals surface area contributed by atoms with Crippen LogP contribution in [0.4, 0.5) is 5.69 Å². The summed E-state index contributed by atoms with van der Waals surface area (Å²) in [6, 6.07) is 16.7. The molecule has 1 fully saturated rings. The Labute approximate surface area is 182 Å². The Balaban J connectivity index is 1.33. The van der Waals surface area contributed by atoms with E-state index in [1.807, 2.05) is 36.2 Å². The number of carbonyl (C=O) groups is 1. The van der Waals surface area contributed by atoms with Gasteiger partial charge in [0.2, 0.25) is 0 Å². The molecule has 0 unspecified atom stereocenters. The van der Waals surface area contributed by atoms with Gasteiger partial charge in [-0.1, -0.05) is 30.3 Å². The summed E-state index contributed by atoms with van der Waals surface area (Å²) in [7, 11) is 1.44. The van der Waals surface area contributed by atoms with E-state index in [-0.39, 0.29) is 5.97 Å². The summed E-state index contributed by atoms with van der Waals surface area (Å²) in [5.74, 6) is -0.272. The number of benzene rings is 2. The quantitative estimate of drug-likeness (QED) is 0.417. The second-order valence-corrected chi connectivity index (χ2v) is 8.45. The van der Waals surface area contributed by atoms with E-state index in [2.05, 4.69) is 51.0 Å². The minimum absolute atomic E-state index is 0.272. The Hall–Kier alpha value is -2.44. The molecule has 158 valence electrons. The molecule has 30 heavy (non-hydrogen) atoms. The normalized spacial score (nSPS) is 14.9. The summed E-state index contributed by atoms with van der Waals surface area (Å²) in [6.45, 7) is 6.27. The van der Waals surface area contributed by atoms with Crippen molar-refractivity contribution in [3.8, 4) is 0 Å². The Morgan fingerprint density at radius 1 is 1.00 bits per heavy atom. The van der Waals surface area contributed by atoms with Crippen molar-refractivity contribution < 1.29 is 9.53 Å². The molecule has 1 aliphatic heterocycles. The van der Waals surface area contributed by atoms with Crippen molar-refractivity contribution in [3.05, 3.63) is 60.3 Å². The molecule has 0 amide bonds. The van der Waals surface area contributed by atoms with Crippen molar-refractivity contribution in [1.82, 2.24) is 9.47 Å². The van der Waals surface area contributed by atoms with Crippen LogP contribution in [0, 0.1) is 0 Å². The van der Waals surface area contributed by atoms with Gasteiger partial charge in [0.15, 0.2) is 0 Å². The zero-order valence-electron chi connectivity index (χ0n) is 17.7. The molecule has 6 heteroatoms. The molecule has 5 nitrogen and oxygen atoms in total. The highest BCUT2D eigenvalue weighted by Crippen LogP contribution is 2.29. The molecule has 0 atom stereocenters. The fourth-order valence-corrected chi connectivity index (χ4v) is 4.89. The highest BCUT2D eigenvalue weighted by atomic mass is 32.2. The van der Waals surface area contributed by atoms with Gasteiger partial charge in [0.05, 0.1) is 18.4 Å². The Kier molecular flexibility index (Phi) is 6.65. The lowest BCUT2D eigenvalue weighted by Gasteiger charge is -2.36. The van der Waals surface area contributed by atoms with Crippen molar-refractivity contribution in [1.29, 1.82) is 0 Å². The second-order valence-electron chi connectivity index (χ2n) is 7.60. The molecule has 0 saturated carbocycles. The van der Waals surface area contributed by atoms with Gasteiger partial charge < -0.3 is 14.2 Å². The lowest BCUT2D eigenvalue weighted by Crippen LogP contribution is -2.46. The van der Waals surface area contributed by atoms with Crippen molar-refractivity contribution in [2.24, 2.45) is 0 Å². The number of carbonyl (C=O) groups excluding carboxylic acids is 1. The maximum absolute atomic E-state index is 12.1. The average Bonchev–Trinajstić information content (AvgIpc) is 3.18. The van der Waals surface area contributed by atoms with Gasteiger partial charge in [-0.25, -0.2) is 4.79 Å². The van der Waals surface area contributed by atoms with Crippen molar-refractivity contribution in [2.45, 2.75) is 17.9 Å². The molecule has 4 rings (SSSR count). The number of thioether (sulfide) groups is 1. The van der Waals surface area contributed by atoms with E-state index >= 15 is 0 Å². The van der Waals surface area contributed by atoms with Crippen LogP contribution in [-0.2, 0) is 11.3 Å². The number of para-hydroxylation sites is 2. The van der Waals surface area contributed by atoms with Gasteiger partial charge in [0.25, 0.3) is 0 Å². The Morgan fingerprint density at radius 3 is 2.50 bits per heavy atom. The summed E-state index contributed by atoms with van der Waals surface area (Å²) < 4.78 is 7.14. The number of rotatable bonds is 7. The summed E-state index contributed by atoms with van der Waals surface area (Å²) in [5.41, 5.74) is 3.10. The summed E-state index contributed by atoms with van der Waals surface area (Å²) in [5, 5.41) is 0.963. The van der Waals surface area contributed by atoms with Crippen LogP contribution in [-0.4, -0.2) is 61.5 Å². The molecule has 2 heterocycles. The van der Waals surface area contributed by atoms with Gasteiger partial charge in [0, 0.05) is 54.7 Å². The first-order valence-corrected chi connectivity index (χ1v) is 11.7. The number of hydrogen-bond donors (Lipinski definition) is 0. The number of fused-ring (bicyclic) bond motifs is 1. The number of aryl methyl sites for hydroxylation is 1. The molecule has 1 saturated heterocycles. The number of methoxy groups -OCH3 is 1. The van der Waals surface area contributed by atoms with Gasteiger partial charge >= 0.3 is 5.97 Å². The SMILES string of the molecule is COC(=O)c1cn(CCCN2CCN(c3ccccc3SC)CC2)c2ccccc12. The second kappa shape index (κ2) is 9.58. The van der Waals surface area contributed by atoms with Gasteiger partial charge in [-0.05, 0) is 37.4 Å². The molecule has 0 aliphatic carbocycles. The molecule has 0 N–H and O–H groups in total. The van der Waals surface area contributed by atoms with Crippen LogP contribution in [0.5, 0.6) is 0 Å².